The van der Waals surface area contributed by atoms with Crippen LogP contribution < -0.4 is 0 Å². The SMILES string of the molecule is CCCCN(CCCC)C(=S)OCC[C@](O)(Cn1cncn1)c1ccc(F)cc1F. The fourth-order valence-electron chi connectivity index (χ4n) is 3.14. The van der Waals surface area contributed by atoms with Gasteiger partial charge in [-0.15, -0.1) is 0 Å². The summed E-state index contributed by atoms with van der Waals surface area (Å²) in [7, 11) is 0. The Labute approximate surface area is 181 Å². The van der Waals surface area contributed by atoms with Gasteiger partial charge in [-0.3, -0.25) is 0 Å². The van der Waals surface area contributed by atoms with Crippen molar-refractivity contribution in [3.63, 3.8) is 0 Å². The first-order valence-corrected chi connectivity index (χ1v) is 10.7. The van der Waals surface area contributed by atoms with Crippen LogP contribution >= 0.6 is 12.2 Å². The summed E-state index contributed by atoms with van der Waals surface area (Å²) in [6.45, 7) is 5.87. The predicted octanol–water partition coefficient (Wildman–Crippen LogP) is 4.04. The third kappa shape index (κ3) is 6.98. The standard InChI is InChI=1S/C21H30F2N4O2S/c1-3-5-10-26(11-6-4-2)20(30)29-12-9-21(28,14-27-16-24-15-25-27)18-8-7-17(22)13-19(18)23/h7-8,13,15-16,28H,3-6,9-12,14H2,1-2H3/t21-/m0/s1. The summed E-state index contributed by atoms with van der Waals surface area (Å²) in [5.41, 5.74) is -1.69. The van der Waals surface area contributed by atoms with Crippen LogP contribution in [-0.2, 0) is 16.9 Å². The van der Waals surface area contributed by atoms with Crippen LogP contribution in [0.4, 0.5) is 8.78 Å². The maximum Gasteiger partial charge on any atom is 0.259 e. The fraction of sp³-hybridized carbons (Fsp3) is 0.571. The Morgan fingerprint density at radius 3 is 2.50 bits per heavy atom. The number of halogens is 2. The second-order valence-corrected chi connectivity index (χ2v) is 7.66. The van der Waals surface area contributed by atoms with Crippen molar-refractivity contribution in [2.24, 2.45) is 0 Å². The lowest BCUT2D eigenvalue weighted by Gasteiger charge is -2.30. The molecule has 1 heterocycles. The molecule has 0 unspecified atom stereocenters. The molecule has 0 saturated heterocycles. The van der Waals surface area contributed by atoms with Gasteiger partial charge in [-0.05, 0) is 31.1 Å². The number of aromatic nitrogens is 3. The van der Waals surface area contributed by atoms with E-state index in [9.17, 15) is 13.9 Å². The van der Waals surface area contributed by atoms with E-state index < -0.39 is 17.2 Å². The molecule has 1 atom stereocenters. The minimum Gasteiger partial charge on any atom is -0.471 e. The molecule has 6 nitrogen and oxygen atoms in total. The smallest absolute Gasteiger partial charge is 0.259 e. The first kappa shape index (κ1) is 24.1. The van der Waals surface area contributed by atoms with Crippen molar-refractivity contribution in [1.82, 2.24) is 19.7 Å². The van der Waals surface area contributed by atoms with Crippen LogP contribution in [-0.4, -0.2) is 49.6 Å². The van der Waals surface area contributed by atoms with Crippen LogP contribution in [0.2, 0.25) is 0 Å². The molecular weight excluding hydrogens is 410 g/mol. The minimum absolute atomic E-state index is 0.0252. The third-order valence-electron chi connectivity index (χ3n) is 4.89. The topological polar surface area (TPSA) is 63.4 Å². The van der Waals surface area contributed by atoms with Gasteiger partial charge in [-0.25, -0.2) is 18.4 Å². The number of benzene rings is 1. The highest BCUT2D eigenvalue weighted by Gasteiger charge is 2.33. The van der Waals surface area contributed by atoms with Crippen molar-refractivity contribution >= 4 is 17.4 Å². The number of aliphatic hydroxyl groups is 1. The summed E-state index contributed by atoms with van der Waals surface area (Å²) in [5.74, 6) is -1.54. The molecule has 1 N–H and O–H groups in total. The second kappa shape index (κ2) is 11.9. The van der Waals surface area contributed by atoms with Gasteiger partial charge in [0.25, 0.3) is 5.17 Å². The Hall–Kier alpha value is -2.13. The van der Waals surface area contributed by atoms with Crippen molar-refractivity contribution in [3.05, 3.63) is 48.1 Å². The largest absolute Gasteiger partial charge is 0.471 e. The van der Waals surface area contributed by atoms with Crippen molar-refractivity contribution in [2.75, 3.05) is 19.7 Å². The first-order chi connectivity index (χ1) is 14.4. The highest BCUT2D eigenvalue weighted by Crippen LogP contribution is 2.30. The van der Waals surface area contributed by atoms with Crippen LogP contribution in [0.1, 0.15) is 51.5 Å². The Bertz CT molecular complexity index is 783. The van der Waals surface area contributed by atoms with E-state index in [1.165, 1.54) is 23.4 Å². The second-order valence-electron chi connectivity index (χ2n) is 7.31. The zero-order valence-electron chi connectivity index (χ0n) is 17.6. The molecule has 0 bridgehead atoms. The van der Waals surface area contributed by atoms with E-state index in [0.717, 1.165) is 50.9 Å². The van der Waals surface area contributed by atoms with E-state index in [4.69, 9.17) is 17.0 Å². The van der Waals surface area contributed by atoms with E-state index >= 15 is 0 Å². The normalized spacial score (nSPS) is 13.1. The Morgan fingerprint density at radius 1 is 1.23 bits per heavy atom. The number of hydrogen-bond acceptors (Lipinski definition) is 5. The summed E-state index contributed by atoms with van der Waals surface area (Å²) >= 11 is 5.44. The summed E-state index contributed by atoms with van der Waals surface area (Å²) < 4.78 is 35.0. The molecule has 2 aromatic rings. The van der Waals surface area contributed by atoms with Gasteiger partial charge >= 0.3 is 0 Å². The number of ether oxygens (including phenoxy) is 1. The number of nitrogens with zero attached hydrogens (tertiary/aromatic N) is 4. The Kier molecular flexibility index (Phi) is 9.58. The molecule has 1 aromatic heterocycles. The highest BCUT2D eigenvalue weighted by atomic mass is 32.1. The van der Waals surface area contributed by atoms with Crippen molar-refractivity contribution < 1.29 is 18.6 Å². The van der Waals surface area contributed by atoms with Crippen LogP contribution in [0.25, 0.3) is 0 Å². The minimum atomic E-state index is -1.67. The van der Waals surface area contributed by atoms with E-state index in [-0.39, 0.29) is 25.1 Å². The summed E-state index contributed by atoms with van der Waals surface area (Å²) in [6.07, 6.45) is 6.90. The first-order valence-electron chi connectivity index (χ1n) is 10.3. The molecular formula is C21H30F2N4O2S. The van der Waals surface area contributed by atoms with Gasteiger partial charge in [0, 0.05) is 31.1 Å². The molecule has 0 aliphatic heterocycles. The van der Waals surface area contributed by atoms with Gasteiger partial charge in [0.05, 0.1) is 13.2 Å². The molecule has 1 aromatic carbocycles. The number of thiocarbonyl (C=S) groups is 1. The Morgan fingerprint density at radius 2 is 1.93 bits per heavy atom. The summed E-state index contributed by atoms with van der Waals surface area (Å²) in [5, 5.41) is 15.6. The molecule has 0 fully saturated rings. The maximum absolute atomic E-state index is 14.4. The van der Waals surface area contributed by atoms with E-state index in [2.05, 4.69) is 23.9 Å². The van der Waals surface area contributed by atoms with E-state index in [0.29, 0.717) is 5.17 Å². The zero-order chi connectivity index (χ0) is 22.0. The van der Waals surface area contributed by atoms with Gasteiger partial charge in [0.15, 0.2) is 0 Å². The van der Waals surface area contributed by atoms with Crippen LogP contribution in [0.5, 0.6) is 0 Å². The molecule has 9 heteroatoms. The van der Waals surface area contributed by atoms with Crippen LogP contribution in [0.15, 0.2) is 30.9 Å². The van der Waals surface area contributed by atoms with Crippen molar-refractivity contribution in [2.45, 2.75) is 58.1 Å². The number of unbranched alkanes of at least 4 members (excludes halogenated alkanes) is 2. The number of rotatable bonds is 12. The molecule has 0 aliphatic rings. The maximum atomic E-state index is 14.4. The third-order valence-corrected chi connectivity index (χ3v) is 5.26. The molecule has 0 radical (unpaired) electrons. The lowest BCUT2D eigenvalue weighted by atomic mass is 9.90. The van der Waals surface area contributed by atoms with Crippen LogP contribution in [0, 0.1) is 11.6 Å². The molecule has 2 rings (SSSR count). The summed E-state index contributed by atoms with van der Waals surface area (Å²) in [4.78, 5) is 5.88. The molecule has 0 amide bonds. The summed E-state index contributed by atoms with van der Waals surface area (Å²) in [6, 6.07) is 3.12. The van der Waals surface area contributed by atoms with Gasteiger partial charge < -0.3 is 14.7 Å². The molecule has 0 spiro atoms. The molecule has 30 heavy (non-hydrogen) atoms. The van der Waals surface area contributed by atoms with Crippen molar-refractivity contribution in [1.29, 1.82) is 0 Å². The molecule has 0 saturated carbocycles. The van der Waals surface area contributed by atoms with Gasteiger partial charge in [-0.1, -0.05) is 32.8 Å². The van der Waals surface area contributed by atoms with Gasteiger partial charge in [-0.2, -0.15) is 5.10 Å². The molecule has 166 valence electrons. The van der Waals surface area contributed by atoms with Crippen LogP contribution in [0.3, 0.4) is 0 Å². The zero-order valence-corrected chi connectivity index (χ0v) is 18.4. The Balaban J connectivity index is 2.09. The van der Waals surface area contributed by atoms with E-state index in [1.807, 2.05) is 4.90 Å². The van der Waals surface area contributed by atoms with Crippen molar-refractivity contribution in [3.8, 4) is 0 Å². The predicted molar refractivity (Wildman–Crippen MR) is 115 cm³/mol. The van der Waals surface area contributed by atoms with E-state index in [1.54, 1.807) is 0 Å². The van der Waals surface area contributed by atoms with Gasteiger partial charge in [0.1, 0.15) is 29.9 Å². The number of hydrogen-bond donors (Lipinski definition) is 1. The fourth-order valence-corrected chi connectivity index (χ4v) is 3.40. The lowest BCUT2D eigenvalue weighted by Crippen LogP contribution is -2.37. The molecule has 0 aliphatic carbocycles. The highest BCUT2D eigenvalue weighted by molar-refractivity contribution is 7.80. The van der Waals surface area contributed by atoms with Gasteiger partial charge in [0.2, 0.25) is 0 Å². The monoisotopic (exact) mass is 440 g/mol. The quantitative estimate of drug-likeness (QED) is 0.503. The lowest BCUT2D eigenvalue weighted by molar-refractivity contribution is -0.0103. The average molecular weight is 441 g/mol. The average Bonchev–Trinajstić information content (AvgIpc) is 3.20.